The predicted octanol–water partition coefficient (Wildman–Crippen LogP) is 3.96. The fourth-order valence-corrected chi connectivity index (χ4v) is 3.54. The first-order valence-corrected chi connectivity index (χ1v) is 8.80. The van der Waals surface area contributed by atoms with E-state index < -0.39 is 0 Å². The van der Waals surface area contributed by atoms with Crippen LogP contribution in [0.3, 0.4) is 0 Å². The van der Waals surface area contributed by atoms with Crippen LogP contribution >= 0.6 is 12.4 Å². The minimum atomic E-state index is 0. The molecule has 5 heteroatoms. The second-order valence-corrected chi connectivity index (χ2v) is 6.46. The van der Waals surface area contributed by atoms with Crippen molar-refractivity contribution in [1.29, 1.82) is 0 Å². The predicted molar refractivity (Wildman–Crippen MR) is 107 cm³/mol. The maximum Gasteiger partial charge on any atom is 0.161 e. The lowest BCUT2D eigenvalue weighted by molar-refractivity contribution is 0.0987. The van der Waals surface area contributed by atoms with Gasteiger partial charge in [-0.15, -0.1) is 12.4 Å². The second-order valence-electron chi connectivity index (χ2n) is 6.46. The van der Waals surface area contributed by atoms with Crippen LogP contribution in [0, 0.1) is 0 Å². The van der Waals surface area contributed by atoms with Crippen LogP contribution in [0.15, 0.2) is 42.5 Å². The van der Waals surface area contributed by atoms with Gasteiger partial charge in [-0.05, 0) is 48.1 Å². The maximum atomic E-state index is 5.66. The largest absolute Gasteiger partial charge is 0.493 e. The molecule has 1 N–H and O–H groups in total. The average Bonchev–Trinajstić information content (AvgIpc) is 2.68. The summed E-state index contributed by atoms with van der Waals surface area (Å²) in [6, 6.07) is 15.1. The van der Waals surface area contributed by atoms with E-state index in [0.29, 0.717) is 6.04 Å². The summed E-state index contributed by atoms with van der Waals surface area (Å²) in [7, 11) is 5.14. The average molecular weight is 378 g/mol. The number of nitrogens with one attached hydrogen (secondary N) is 1. The van der Waals surface area contributed by atoms with Crippen LogP contribution < -0.4 is 14.8 Å². The van der Waals surface area contributed by atoms with Crippen molar-refractivity contribution >= 4 is 12.4 Å². The Labute approximate surface area is 162 Å². The molecule has 0 spiro atoms. The van der Waals surface area contributed by atoms with Crippen LogP contribution in [0.2, 0.25) is 0 Å². The number of hydrogen-bond acceptors (Lipinski definition) is 4. The second kappa shape index (κ2) is 9.81. The molecule has 2 aromatic carbocycles. The Hall–Kier alpha value is -1.75. The van der Waals surface area contributed by atoms with Crippen LogP contribution in [0.4, 0.5) is 0 Å². The van der Waals surface area contributed by atoms with Crippen molar-refractivity contribution in [2.24, 2.45) is 0 Å². The van der Waals surface area contributed by atoms with E-state index in [-0.39, 0.29) is 18.5 Å². The number of aryl methyl sites for hydroxylation is 1. The van der Waals surface area contributed by atoms with Gasteiger partial charge in [0, 0.05) is 19.7 Å². The highest BCUT2D eigenvalue weighted by Crippen LogP contribution is 2.34. The van der Waals surface area contributed by atoms with Gasteiger partial charge in [0.1, 0.15) is 0 Å². The van der Waals surface area contributed by atoms with Gasteiger partial charge in [-0.2, -0.15) is 0 Å². The fraction of sp³-hybridized carbons (Fsp3) is 0.429. The highest BCUT2D eigenvalue weighted by molar-refractivity contribution is 5.85. The zero-order chi connectivity index (χ0) is 17.6. The van der Waals surface area contributed by atoms with E-state index in [1.165, 1.54) is 16.7 Å². The van der Waals surface area contributed by atoms with Crippen LogP contribution in [0.25, 0.3) is 0 Å². The molecule has 2 unspecified atom stereocenters. The maximum absolute atomic E-state index is 5.66. The highest BCUT2D eigenvalue weighted by Gasteiger charge is 2.22. The molecule has 1 aliphatic rings. The molecule has 26 heavy (non-hydrogen) atoms. The summed E-state index contributed by atoms with van der Waals surface area (Å²) in [5.41, 5.74) is 3.91. The van der Waals surface area contributed by atoms with Crippen molar-refractivity contribution in [1.82, 2.24) is 5.32 Å². The summed E-state index contributed by atoms with van der Waals surface area (Å²) < 4.78 is 16.5. The molecule has 0 aromatic heterocycles. The number of fused-ring (bicyclic) bond motifs is 1. The number of methoxy groups -OCH3 is 3. The minimum absolute atomic E-state index is 0. The normalized spacial score (nSPS) is 17.0. The Kier molecular flexibility index (Phi) is 7.76. The molecule has 0 radical (unpaired) electrons. The van der Waals surface area contributed by atoms with Gasteiger partial charge in [-0.3, -0.25) is 0 Å². The Morgan fingerprint density at radius 2 is 1.65 bits per heavy atom. The molecule has 0 fully saturated rings. The number of ether oxygens (including phenoxy) is 3. The number of hydrogen-bond donors (Lipinski definition) is 1. The van der Waals surface area contributed by atoms with Crippen molar-refractivity contribution in [3.8, 4) is 11.5 Å². The molecule has 3 rings (SSSR count). The first kappa shape index (κ1) is 20.6. The molecule has 2 atom stereocenters. The van der Waals surface area contributed by atoms with Crippen LogP contribution in [0.1, 0.15) is 29.2 Å². The first-order chi connectivity index (χ1) is 12.2. The summed E-state index contributed by atoms with van der Waals surface area (Å²) in [4.78, 5) is 0. The van der Waals surface area contributed by atoms with E-state index in [4.69, 9.17) is 14.2 Å². The molecular weight excluding hydrogens is 350 g/mol. The Morgan fingerprint density at radius 3 is 2.27 bits per heavy atom. The lowest BCUT2D eigenvalue weighted by Crippen LogP contribution is -2.37. The zero-order valence-corrected chi connectivity index (χ0v) is 16.5. The summed E-state index contributed by atoms with van der Waals surface area (Å²) >= 11 is 0. The van der Waals surface area contributed by atoms with Crippen LogP contribution in [-0.4, -0.2) is 33.9 Å². The molecule has 4 nitrogen and oxygen atoms in total. The summed E-state index contributed by atoms with van der Waals surface area (Å²) in [5, 5.41) is 3.68. The van der Waals surface area contributed by atoms with Gasteiger partial charge in [0.25, 0.3) is 0 Å². The molecule has 0 amide bonds. The number of benzene rings is 2. The molecule has 1 aliphatic carbocycles. The van der Waals surface area contributed by atoms with Crippen molar-refractivity contribution < 1.29 is 14.2 Å². The van der Waals surface area contributed by atoms with E-state index in [1.54, 1.807) is 21.3 Å². The molecule has 0 aliphatic heterocycles. The zero-order valence-electron chi connectivity index (χ0n) is 15.7. The van der Waals surface area contributed by atoms with Gasteiger partial charge < -0.3 is 19.5 Å². The van der Waals surface area contributed by atoms with Gasteiger partial charge in [-0.25, -0.2) is 0 Å². The van der Waals surface area contributed by atoms with Crippen LogP contribution in [0.5, 0.6) is 11.5 Å². The van der Waals surface area contributed by atoms with Crippen molar-refractivity contribution in [2.75, 3.05) is 27.9 Å². The first-order valence-electron chi connectivity index (χ1n) is 8.80. The van der Waals surface area contributed by atoms with Gasteiger partial charge in [0.05, 0.1) is 20.3 Å². The molecule has 2 aromatic rings. The summed E-state index contributed by atoms with van der Waals surface area (Å²) in [6.45, 7) is 0.813. The third-order valence-corrected chi connectivity index (χ3v) is 4.98. The van der Waals surface area contributed by atoms with Crippen molar-refractivity contribution in [3.63, 3.8) is 0 Å². The van der Waals surface area contributed by atoms with E-state index in [1.807, 2.05) is 6.07 Å². The third kappa shape index (κ3) is 4.70. The quantitative estimate of drug-likeness (QED) is 0.792. The SMILES string of the molecule is COc1cc2c(cc1OC)CC(NCC(OC)c1ccccc1)CC2.Cl. The van der Waals surface area contributed by atoms with Gasteiger partial charge in [0.15, 0.2) is 11.5 Å². The fourth-order valence-electron chi connectivity index (χ4n) is 3.54. The smallest absolute Gasteiger partial charge is 0.161 e. The molecule has 142 valence electrons. The molecule has 0 heterocycles. The topological polar surface area (TPSA) is 39.7 Å². The standard InChI is InChI=1S/C21H27NO3.ClH/c1-23-19-12-16-9-10-18(11-17(16)13-20(19)24-2)22-14-21(25-3)15-7-5-4-6-8-15;/h4-8,12-13,18,21-22H,9-11,14H2,1-3H3;1H. The number of halogens is 1. The van der Waals surface area contributed by atoms with Crippen molar-refractivity contribution in [2.45, 2.75) is 31.4 Å². The lowest BCUT2D eigenvalue weighted by Gasteiger charge is -2.28. The van der Waals surface area contributed by atoms with Gasteiger partial charge >= 0.3 is 0 Å². The molecule has 0 bridgehead atoms. The number of rotatable bonds is 7. The van der Waals surface area contributed by atoms with E-state index in [2.05, 4.69) is 41.7 Å². The summed E-state index contributed by atoms with van der Waals surface area (Å²) in [5.74, 6) is 1.62. The van der Waals surface area contributed by atoms with Gasteiger partial charge in [0.2, 0.25) is 0 Å². The molecule has 0 saturated carbocycles. The molecular formula is C21H28ClNO3. The van der Waals surface area contributed by atoms with E-state index in [9.17, 15) is 0 Å². The Bertz CT molecular complexity index is 693. The minimum Gasteiger partial charge on any atom is -0.493 e. The highest BCUT2D eigenvalue weighted by atomic mass is 35.5. The monoisotopic (exact) mass is 377 g/mol. The van der Waals surface area contributed by atoms with Crippen LogP contribution in [-0.2, 0) is 17.6 Å². The van der Waals surface area contributed by atoms with E-state index >= 15 is 0 Å². The van der Waals surface area contributed by atoms with Gasteiger partial charge in [-0.1, -0.05) is 30.3 Å². The Balaban J connectivity index is 0.00000243. The Morgan fingerprint density at radius 1 is 1.00 bits per heavy atom. The van der Waals surface area contributed by atoms with E-state index in [0.717, 1.165) is 37.3 Å². The summed E-state index contributed by atoms with van der Waals surface area (Å²) in [6.07, 6.45) is 3.25. The molecule has 0 saturated heterocycles. The van der Waals surface area contributed by atoms with Crippen molar-refractivity contribution in [3.05, 3.63) is 59.2 Å². The lowest BCUT2D eigenvalue weighted by atomic mass is 9.87. The third-order valence-electron chi connectivity index (χ3n) is 4.98.